The lowest BCUT2D eigenvalue weighted by molar-refractivity contribution is 0.320. The number of nitrogens with zero attached hydrogens (tertiary/aromatic N) is 1. The van der Waals surface area contributed by atoms with Gasteiger partial charge in [0.05, 0.1) is 6.07 Å². The SMILES string of the molecule is CC(C)C1CCC/C(=C/C#N)C1. The van der Waals surface area contributed by atoms with Crippen LogP contribution in [-0.4, -0.2) is 0 Å². The minimum absolute atomic E-state index is 0.771. The lowest BCUT2D eigenvalue weighted by Gasteiger charge is -2.26. The molecule has 0 bridgehead atoms. The van der Waals surface area contributed by atoms with E-state index in [0.29, 0.717) is 0 Å². The van der Waals surface area contributed by atoms with Gasteiger partial charge in [-0.1, -0.05) is 19.4 Å². The monoisotopic (exact) mass is 163 g/mol. The van der Waals surface area contributed by atoms with Gasteiger partial charge in [-0.3, -0.25) is 0 Å². The quantitative estimate of drug-likeness (QED) is 0.544. The van der Waals surface area contributed by atoms with Crippen LogP contribution in [0.2, 0.25) is 0 Å². The molecule has 1 atom stereocenters. The van der Waals surface area contributed by atoms with Crippen LogP contribution in [0, 0.1) is 23.2 Å². The zero-order valence-corrected chi connectivity index (χ0v) is 8.01. The predicted octanol–water partition coefficient (Wildman–Crippen LogP) is 3.28. The van der Waals surface area contributed by atoms with E-state index in [2.05, 4.69) is 19.9 Å². The van der Waals surface area contributed by atoms with E-state index in [-0.39, 0.29) is 0 Å². The van der Waals surface area contributed by atoms with Gasteiger partial charge in [0, 0.05) is 6.08 Å². The Bertz CT molecular complexity index is 208. The molecule has 0 heterocycles. The zero-order valence-electron chi connectivity index (χ0n) is 8.01. The van der Waals surface area contributed by atoms with Crippen molar-refractivity contribution in [3.63, 3.8) is 0 Å². The molecule has 1 saturated carbocycles. The molecular formula is C11H17N. The van der Waals surface area contributed by atoms with Crippen molar-refractivity contribution in [1.82, 2.24) is 0 Å². The molecule has 1 unspecified atom stereocenters. The maximum Gasteiger partial charge on any atom is 0.0911 e. The van der Waals surface area contributed by atoms with E-state index in [9.17, 15) is 0 Å². The average Bonchev–Trinajstić information content (AvgIpc) is 2.05. The second kappa shape index (κ2) is 4.30. The van der Waals surface area contributed by atoms with Crippen molar-refractivity contribution < 1.29 is 0 Å². The van der Waals surface area contributed by atoms with Crippen LogP contribution in [0.1, 0.15) is 39.5 Å². The van der Waals surface area contributed by atoms with Gasteiger partial charge in [0.15, 0.2) is 0 Å². The number of hydrogen-bond donors (Lipinski definition) is 0. The first-order chi connectivity index (χ1) is 5.74. The Morgan fingerprint density at radius 3 is 2.92 bits per heavy atom. The van der Waals surface area contributed by atoms with Crippen molar-refractivity contribution in [3.05, 3.63) is 11.6 Å². The summed E-state index contributed by atoms with van der Waals surface area (Å²) in [6.07, 6.45) is 6.67. The molecule has 0 aromatic carbocycles. The van der Waals surface area contributed by atoms with Crippen molar-refractivity contribution >= 4 is 0 Å². The first-order valence-corrected chi connectivity index (χ1v) is 4.81. The standard InChI is InChI=1S/C11H17N/c1-9(2)11-5-3-4-10(8-11)6-7-12/h6,9,11H,3-5,8H2,1-2H3/b10-6-. The molecule has 0 amide bonds. The Morgan fingerprint density at radius 1 is 1.58 bits per heavy atom. The molecule has 12 heavy (non-hydrogen) atoms. The second-order valence-corrected chi connectivity index (χ2v) is 4.03. The molecule has 1 rings (SSSR count). The fourth-order valence-electron chi connectivity index (χ4n) is 1.92. The minimum Gasteiger partial charge on any atom is -0.193 e. The zero-order chi connectivity index (χ0) is 8.97. The summed E-state index contributed by atoms with van der Waals surface area (Å²) >= 11 is 0. The van der Waals surface area contributed by atoms with Gasteiger partial charge in [0.25, 0.3) is 0 Å². The molecular weight excluding hydrogens is 146 g/mol. The first-order valence-electron chi connectivity index (χ1n) is 4.81. The average molecular weight is 163 g/mol. The molecule has 66 valence electrons. The third kappa shape index (κ3) is 2.37. The van der Waals surface area contributed by atoms with Crippen LogP contribution in [-0.2, 0) is 0 Å². The summed E-state index contributed by atoms with van der Waals surface area (Å²) in [5, 5.41) is 8.52. The molecule has 1 aliphatic rings. The molecule has 1 aliphatic carbocycles. The van der Waals surface area contributed by atoms with Gasteiger partial charge in [0.2, 0.25) is 0 Å². The maximum atomic E-state index is 8.52. The van der Waals surface area contributed by atoms with Gasteiger partial charge in [-0.2, -0.15) is 5.26 Å². The second-order valence-electron chi connectivity index (χ2n) is 4.03. The molecule has 0 saturated heterocycles. The number of nitriles is 1. The van der Waals surface area contributed by atoms with Crippen LogP contribution in [0.15, 0.2) is 11.6 Å². The molecule has 0 radical (unpaired) electrons. The van der Waals surface area contributed by atoms with Gasteiger partial charge < -0.3 is 0 Å². The fraction of sp³-hybridized carbons (Fsp3) is 0.727. The topological polar surface area (TPSA) is 23.8 Å². The largest absolute Gasteiger partial charge is 0.193 e. The van der Waals surface area contributed by atoms with Crippen molar-refractivity contribution in [3.8, 4) is 6.07 Å². The Morgan fingerprint density at radius 2 is 2.33 bits per heavy atom. The van der Waals surface area contributed by atoms with E-state index in [1.54, 1.807) is 6.08 Å². The highest BCUT2D eigenvalue weighted by atomic mass is 14.3. The normalized spacial score (nSPS) is 27.5. The summed E-state index contributed by atoms with van der Waals surface area (Å²) in [4.78, 5) is 0. The summed E-state index contributed by atoms with van der Waals surface area (Å²) in [6.45, 7) is 4.56. The van der Waals surface area contributed by atoms with Crippen LogP contribution in [0.5, 0.6) is 0 Å². The van der Waals surface area contributed by atoms with Crippen LogP contribution < -0.4 is 0 Å². The minimum atomic E-state index is 0.771. The maximum absolute atomic E-state index is 8.52. The highest BCUT2D eigenvalue weighted by Gasteiger charge is 2.19. The Labute approximate surface area is 75.1 Å². The van der Waals surface area contributed by atoms with Crippen LogP contribution in [0.3, 0.4) is 0 Å². The van der Waals surface area contributed by atoms with Gasteiger partial charge in [-0.25, -0.2) is 0 Å². The highest BCUT2D eigenvalue weighted by molar-refractivity contribution is 5.15. The summed E-state index contributed by atoms with van der Waals surface area (Å²) in [5.41, 5.74) is 1.36. The predicted molar refractivity (Wildman–Crippen MR) is 50.5 cm³/mol. The lowest BCUT2D eigenvalue weighted by atomic mass is 9.79. The Hall–Kier alpha value is -0.770. The Kier molecular flexibility index (Phi) is 3.34. The van der Waals surface area contributed by atoms with Crippen LogP contribution in [0.25, 0.3) is 0 Å². The summed E-state index contributed by atoms with van der Waals surface area (Å²) < 4.78 is 0. The first kappa shape index (κ1) is 9.32. The van der Waals surface area contributed by atoms with Crippen LogP contribution >= 0.6 is 0 Å². The third-order valence-electron chi connectivity index (χ3n) is 2.81. The van der Waals surface area contributed by atoms with E-state index in [4.69, 9.17) is 5.26 Å². The number of rotatable bonds is 1. The molecule has 0 aliphatic heterocycles. The molecule has 0 N–H and O–H groups in total. The summed E-state index contributed by atoms with van der Waals surface area (Å²) in [6, 6.07) is 2.13. The third-order valence-corrected chi connectivity index (χ3v) is 2.81. The van der Waals surface area contributed by atoms with E-state index in [1.807, 2.05) is 0 Å². The van der Waals surface area contributed by atoms with Crippen molar-refractivity contribution in [2.45, 2.75) is 39.5 Å². The molecule has 0 spiro atoms. The van der Waals surface area contributed by atoms with Crippen molar-refractivity contribution in [1.29, 1.82) is 5.26 Å². The fourth-order valence-corrected chi connectivity index (χ4v) is 1.92. The lowest BCUT2D eigenvalue weighted by Crippen LogP contribution is -2.14. The summed E-state index contributed by atoms with van der Waals surface area (Å²) in [7, 11) is 0. The molecule has 0 aromatic rings. The van der Waals surface area contributed by atoms with E-state index >= 15 is 0 Å². The number of allylic oxidation sites excluding steroid dienone is 2. The van der Waals surface area contributed by atoms with Crippen molar-refractivity contribution in [2.24, 2.45) is 11.8 Å². The molecule has 1 heteroatoms. The van der Waals surface area contributed by atoms with Gasteiger partial charge >= 0.3 is 0 Å². The molecule has 1 fully saturated rings. The number of hydrogen-bond acceptors (Lipinski definition) is 1. The van der Waals surface area contributed by atoms with Gasteiger partial charge in [-0.05, 0) is 37.5 Å². The van der Waals surface area contributed by atoms with Crippen LogP contribution in [0.4, 0.5) is 0 Å². The summed E-state index contributed by atoms with van der Waals surface area (Å²) in [5.74, 6) is 1.59. The van der Waals surface area contributed by atoms with Gasteiger partial charge in [-0.15, -0.1) is 0 Å². The van der Waals surface area contributed by atoms with E-state index in [0.717, 1.165) is 24.7 Å². The van der Waals surface area contributed by atoms with E-state index in [1.165, 1.54) is 18.4 Å². The molecule has 0 aromatic heterocycles. The van der Waals surface area contributed by atoms with E-state index < -0.39 is 0 Å². The Balaban J connectivity index is 2.53. The molecule has 1 nitrogen and oxygen atoms in total. The smallest absolute Gasteiger partial charge is 0.0911 e. The highest BCUT2D eigenvalue weighted by Crippen LogP contribution is 2.32. The van der Waals surface area contributed by atoms with Gasteiger partial charge in [0.1, 0.15) is 0 Å². The van der Waals surface area contributed by atoms with Crippen molar-refractivity contribution in [2.75, 3.05) is 0 Å².